The Morgan fingerprint density at radius 1 is 1.20 bits per heavy atom. The molecule has 3 N–H and O–H groups in total. The van der Waals surface area contributed by atoms with Crippen molar-refractivity contribution in [2.24, 2.45) is 5.41 Å². The summed E-state index contributed by atoms with van der Waals surface area (Å²) < 4.78 is 5.88. The van der Waals surface area contributed by atoms with Crippen molar-refractivity contribution >= 4 is 23.6 Å². The number of anilines is 1. The number of carboxylic acid groups (broad SMARTS) is 1. The number of aromatic amines is 1. The summed E-state index contributed by atoms with van der Waals surface area (Å²) >= 11 is 0. The average molecular weight is 484 g/mol. The second-order valence-electron chi connectivity index (χ2n) is 9.09. The van der Waals surface area contributed by atoms with E-state index in [1.807, 2.05) is 6.92 Å². The molecule has 3 heterocycles. The normalized spacial score (nSPS) is 13.1. The molecule has 0 saturated heterocycles. The van der Waals surface area contributed by atoms with Crippen LogP contribution in [0.4, 0.5) is 10.6 Å². The van der Waals surface area contributed by atoms with E-state index in [-0.39, 0.29) is 24.0 Å². The third-order valence-corrected chi connectivity index (χ3v) is 5.34. The summed E-state index contributed by atoms with van der Waals surface area (Å²) in [5.74, 6) is -1.43. The summed E-state index contributed by atoms with van der Waals surface area (Å²) in [7, 11) is 0. The van der Waals surface area contributed by atoms with Crippen molar-refractivity contribution in [2.75, 3.05) is 5.32 Å². The van der Waals surface area contributed by atoms with Crippen molar-refractivity contribution in [1.29, 1.82) is 0 Å². The van der Waals surface area contributed by atoms with E-state index in [1.54, 1.807) is 45.3 Å². The molecule has 12 heteroatoms. The molecule has 0 aliphatic rings. The van der Waals surface area contributed by atoms with Crippen LogP contribution in [0, 0.1) is 5.41 Å². The lowest BCUT2D eigenvalue weighted by atomic mass is 9.84. The van der Waals surface area contributed by atoms with Gasteiger partial charge in [0.15, 0.2) is 0 Å². The van der Waals surface area contributed by atoms with Crippen molar-refractivity contribution in [1.82, 2.24) is 30.3 Å². The number of hydrogen-bond acceptors (Lipinski definition) is 8. The summed E-state index contributed by atoms with van der Waals surface area (Å²) in [5.41, 5.74) is -0.194. The smallest absolute Gasteiger partial charge is 0.408 e. The molecular formula is C23H29N7O5. The number of nitrogens with one attached hydrogen (secondary N) is 2. The van der Waals surface area contributed by atoms with Crippen LogP contribution >= 0.6 is 0 Å². The number of nitrogens with zero attached hydrogens (tertiary/aromatic N) is 5. The van der Waals surface area contributed by atoms with Gasteiger partial charge < -0.3 is 14.8 Å². The van der Waals surface area contributed by atoms with Gasteiger partial charge in [0, 0.05) is 18.5 Å². The third kappa shape index (κ3) is 6.08. The molecule has 0 bridgehead atoms. The van der Waals surface area contributed by atoms with Gasteiger partial charge in [-0.3, -0.25) is 24.6 Å². The molecule has 0 spiro atoms. The maximum Gasteiger partial charge on any atom is 0.408 e. The van der Waals surface area contributed by atoms with Gasteiger partial charge in [-0.25, -0.2) is 4.79 Å². The predicted molar refractivity (Wildman–Crippen MR) is 125 cm³/mol. The van der Waals surface area contributed by atoms with Gasteiger partial charge in [0.1, 0.15) is 17.9 Å². The molecule has 3 rings (SSSR count). The molecule has 2 atom stereocenters. The number of Topliss-reactive ketones (excluding diaryl/α,β-unsaturated/α-hetero) is 1. The fourth-order valence-electron chi connectivity index (χ4n) is 3.74. The van der Waals surface area contributed by atoms with Crippen LogP contribution in [0.5, 0.6) is 0 Å². The number of carbonyl (C=O) groups is 3. The van der Waals surface area contributed by atoms with E-state index < -0.39 is 35.3 Å². The minimum absolute atomic E-state index is 0.0158. The molecule has 35 heavy (non-hydrogen) atoms. The SMILES string of the molecule is CCCC[C@@H](C(=O)C(=O)Nc1ccn[nH]1)N(C(=O)O)C(c1nnc(-c2cccnc2)o1)C(C)(C)C. The van der Waals surface area contributed by atoms with Gasteiger partial charge in [0.05, 0.1) is 11.8 Å². The van der Waals surface area contributed by atoms with Gasteiger partial charge in [0.25, 0.3) is 5.91 Å². The van der Waals surface area contributed by atoms with Crippen LogP contribution < -0.4 is 5.32 Å². The Labute approximate surface area is 202 Å². The van der Waals surface area contributed by atoms with E-state index >= 15 is 0 Å². The van der Waals surface area contributed by atoms with E-state index in [9.17, 15) is 19.5 Å². The summed E-state index contributed by atoms with van der Waals surface area (Å²) in [4.78, 5) is 43.6. The highest BCUT2D eigenvalue weighted by Crippen LogP contribution is 2.40. The zero-order valence-electron chi connectivity index (χ0n) is 20.1. The third-order valence-electron chi connectivity index (χ3n) is 5.34. The number of amides is 2. The first-order valence-corrected chi connectivity index (χ1v) is 11.2. The Balaban J connectivity index is 2.01. The quantitative estimate of drug-likeness (QED) is 0.364. The summed E-state index contributed by atoms with van der Waals surface area (Å²) in [6.45, 7) is 7.31. The fraction of sp³-hybridized carbons (Fsp3) is 0.435. The molecule has 186 valence electrons. The van der Waals surface area contributed by atoms with Crippen molar-refractivity contribution in [3.63, 3.8) is 0 Å². The van der Waals surface area contributed by atoms with Crippen molar-refractivity contribution in [3.8, 4) is 11.5 Å². The molecule has 0 saturated carbocycles. The minimum atomic E-state index is -1.38. The van der Waals surface area contributed by atoms with Crippen LogP contribution in [0.3, 0.4) is 0 Å². The lowest BCUT2D eigenvalue weighted by Crippen LogP contribution is -2.52. The molecule has 2 amide bonds. The van der Waals surface area contributed by atoms with Crippen LogP contribution in [-0.4, -0.2) is 59.2 Å². The maximum absolute atomic E-state index is 13.3. The van der Waals surface area contributed by atoms with E-state index in [0.29, 0.717) is 18.4 Å². The molecule has 0 aliphatic carbocycles. The molecule has 0 aliphatic heterocycles. The lowest BCUT2D eigenvalue weighted by Gasteiger charge is -2.39. The highest BCUT2D eigenvalue weighted by molar-refractivity contribution is 6.42. The van der Waals surface area contributed by atoms with Gasteiger partial charge in [-0.15, -0.1) is 10.2 Å². The number of carbonyl (C=O) groups excluding carboxylic acids is 2. The van der Waals surface area contributed by atoms with Crippen LogP contribution in [0.2, 0.25) is 0 Å². The van der Waals surface area contributed by atoms with Crippen LogP contribution in [-0.2, 0) is 9.59 Å². The van der Waals surface area contributed by atoms with Crippen molar-refractivity contribution in [2.45, 2.75) is 59.0 Å². The number of H-pyrrole nitrogens is 1. The molecule has 1 unspecified atom stereocenters. The van der Waals surface area contributed by atoms with Gasteiger partial charge >= 0.3 is 6.09 Å². The van der Waals surface area contributed by atoms with Crippen LogP contribution in [0.15, 0.2) is 41.2 Å². The molecule has 0 aromatic carbocycles. The largest absolute Gasteiger partial charge is 0.465 e. The van der Waals surface area contributed by atoms with Crippen molar-refractivity contribution in [3.05, 3.63) is 42.7 Å². The number of aromatic nitrogens is 5. The van der Waals surface area contributed by atoms with E-state index in [4.69, 9.17) is 4.42 Å². The summed E-state index contributed by atoms with van der Waals surface area (Å²) in [5, 5.41) is 27.2. The highest BCUT2D eigenvalue weighted by atomic mass is 16.4. The van der Waals surface area contributed by atoms with Crippen LogP contribution in [0.1, 0.15) is 58.9 Å². The number of unbranched alkanes of at least 4 members (excludes halogenated alkanes) is 1. The second kappa shape index (κ2) is 10.9. The van der Waals surface area contributed by atoms with E-state index in [2.05, 4.69) is 30.7 Å². The first-order chi connectivity index (χ1) is 16.6. The fourth-order valence-corrected chi connectivity index (χ4v) is 3.74. The Kier molecular flexibility index (Phi) is 7.94. The zero-order valence-corrected chi connectivity index (χ0v) is 20.1. The Hall–Kier alpha value is -4.09. The number of ketones is 1. The summed E-state index contributed by atoms with van der Waals surface area (Å²) in [6, 6.07) is 2.65. The topological polar surface area (TPSA) is 167 Å². The van der Waals surface area contributed by atoms with E-state index in [0.717, 1.165) is 4.90 Å². The molecule has 12 nitrogen and oxygen atoms in total. The van der Waals surface area contributed by atoms with Gasteiger partial charge in [-0.2, -0.15) is 5.10 Å². The van der Waals surface area contributed by atoms with Gasteiger partial charge in [-0.05, 0) is 24.0 Å². The molecule has 0 fully saturated rings. The van der Waals surface area contributed by atoms with E-state index in [1.165, 1.54) is 12.3 Å². The Morgan fingerprint density at radius 2 is 1.97 bits per heavy atom. The van der Waals surface area contributed by atoms with Crippen LogP contribution in [0.25, 0.3) is 11.5 Å². The first kappa shape index (κ1) is 25.5. The number of pyridine rings is 1. The van der Waals surface area contributed by atoms with Gasteiger partial charge in [-0.1, -0.05) is 40.5 Å². The number of rotatable bonds is 10. The molecule has 3 aromatic heterocycles. The zero-order chi connectivity index (χ0) is 25.6. The Bertz CT molecular complexity index is 1140. The minimum Gasteiger partial charge on any atom is -0.465 e. The lowest BCUT2D eigenvalue weighted by molar-refractivity contribution is -0.139. The monoisotopic (exact) mass is 483 g/mol. The molecular weight excluding hydrogens is 454 g/mol. The maximum atomic E-state index is 13.3. The molecule has 0 radical (unpaired) electrons. The molecule has 3 aromatic rings. The highest BCUT2D eigenvalue weighted by Gasteiger charge is 2.45. The average Bonchev–Trinajstić information content (AvgIpc) is 3.50. The predicted octanol–water partition coefficient (Wildman–Crippen LogP) is 3.69. The van der Waals surface area contributed by atoms with Gasteiger partial charge in [0.2, 0.25) is 17.6 Å². The standard InChI is InChI=1S/C23H29N7O5/c1-5-6-9-15(17(31)19(32)26-16-10-12-25-27-16)30(22(33)34)18(23(2,3)4)21-29-28-20(35-21)14-8-7-11-24-13-14/h7-8,10-13,15,18H,5-6,9H2,1-4H3,(H,33,34)(H2,25,26,27,32)/t15-,18?/m0/s1. The summed E-state index contributed by atoms with van der Waals surface area (Å²) in [6.07, 6.45) is 4.56. The Morgan fingerprint density at radius 3 is 2.54 bits per heavy atom. The number of hydrogen-bond donors (Lipinski definition) is 3. The van der Waals surface area contributed by atoms with Crippen molar-refractivity contribution < 1.29 is 23.9 Å². The first-order valence-electron chi connectivity index (χ1n) is 11.2. The second-order valence-corrected chi connectivity index (χ2v) is 9.09.